The van der Waals surface area contributed by atoms with Crippen molar-refractivity contribution < 1.29 is 13.9 Å². The van der Waals surface area contributed by atoms with E-state index in [1.54, 1.807) is 13.2 Å². The van der Waals surface area contributed by atoms with Gasteiger partial charge in [-0.15, -0.1) is 0 Å². The van der Waals surface area contributed by atoms with Gasteiger partial charge in [0.1, 0.15) is 23.4 Å². The number of piperazine rings is 1. The number of hydrogen-bond donors (Lipinski definition) is 0. The van der Waals surface area contributed by atoms with Crippen LogP contribution in [-0.2, 0) is 0 Å². The van der Waals surface area contributed by atoms with Gasteiger partial charge in [0.15, 0.2) is 0 Å². The molecule has 2 heterocycles. The monoisotopic (exact) mass is 503 g/mol. The van der Waals surface area contributed by atoms with E-state index in [1.807, 2.05) is 24.3 Å². The van der Waals surface area contributed by atoms with Crippen LogP contribution in [0.15, 0.2) is 78.9 Å². The van der Waals surface area contributed by atoms with Gasteiger partial charge in [0.25, 0.3) is 0 Å². The van der Waals surface area contributed by atoms with Gasteiger partial charge >= 0.3 is 0 Å². The van der Waals surface area contributed by atoms with Crippen molar-refractivity contribution in [3.8, 4) is 11.5 Å². The Morgan fingerprint density at radius 3 is 2.16 bits per heavy atom. The molecule has 2 aliphatic heterocycles. The summed E-state index contributed by atoms with van der Waals surface area (Å²) in [7, 11) is 1.74. The lowest BCUT2D eigenvalue weighted by Gasteiger charge is -2.39. The van der Waals surface area contributed by atoms with Crippen molar-refractivity contribution in [3.63, 3.8) is 0 Å². The van der Waals surface area contributed by atoms with Crippen LogP contribution in [0.4, 0.5) is 10.1 Å². The van der Waals surface area contributed by atoms with Crippen molar-refractivity contribution in [2.24, 2.45) is 5.92 Å². The summed E-state index contributed by atoms with van der Waals surface area (Å²) >= 11 is 0. The van der Waals surface area contributed by atoms with E-state index in [4.69, 9.17) is 9.47 Å². The highest BCUT2D eigenvalue weighted by Crippen LogP contribution is 2.35. The molecule has 3 aromatic rings. The molecule has 0 aliphatic carbocycles. The first-order chi connectivity index (χ1) is 18.2. The highest BCUT2D eigenvalue weighted by molar-refractivity contribution is 5.58. The molecule has 5 nitrogen and oxygen atoms in total. The second kappa shape index (κ2) is 12.4. The Morgan fingerprint density at radius 1 is 0.784 bits per heavy atom. The summed E-state index contributed by atoms with van der Waals surface area (Å²) in [6.07, 6.45) is 2.10. The lowest BCUT2D eigenvalue weighted by atomic mass is 9.87. The fourth-order valence-corrected chi connectivity index (χ4v) is 5.63. The molecular formula is C31H38FN3O2. The quantitative estimate of drug-likeness (QED) is 0.385. The molecule has 0 saturated carbocycles. The van der Waals surface area contributed by atoms with Gasteiger partial charge in [0, 0.05) is 51.3 Å². The Kier molecular flexibility index (Phi) is 8.59. The molecule has 3 aromatic carbocycles. The summed E-state index contributed by atoms with van der Waals surface area (Å²) in [5, 5.41) is 0. The standard InChI is InChI=1S/C31H38FN3O2/c1-36-30-13-6-5-12-29(30)35-22-20-34(21-23-35)19-18-33-16-14-26(15-17-33)31(25-8-3-2-4-9-25)37-28-11-7-10-27(32)24-28/h2-13,24,26,31H,14-23H2,1H3. The molecule has 2 fully saturated rings. The van der Waals surface area contributed by atoms with Crippen molar-refractivity contribution in [1.82, 2.24) is 9.80 Å². The van der Waals surface area contributed by atoms with Gasteiger partial charge in [-0.2, -0.15) is 0 Å². The van der Waals surface area contributed by atoms with E-state index in [1.165, 1.54) is 17.8 Å². The minimum absolute atomic E-state index is 0.0618. The van der Waals surface area contributed by atoms with Crippen molar-refractivity contribution in [1.29, 1.82) is 0 Å². The molecule has 0 bridgehead atoms. The zero-order valence-electron chi connectivity index (χ0n) is 21.8. The highest BCUT2D eigenvalue weighted by atomic mass is 19.1. The first kappa shape index (κ1) is 25.6. The van der Waals surface area contributed by atoms with E-state index in [9.17, 15) is 4.39 Å². The number of ether oxygens (including phenoxy) is 2. The lowest BCUT2D eigenvalue weighted by molar-refractivity contribution is 0.0716. The lowest BCUT2D eigenvalue weighted by Crippen LogP contribution is -2.49. The SMILES string of the molecule is COc1ccccc1N1CCN(CCN2CCC(C(Oc3cccc(F)c3)c3ccccc3)CC2)CC1. The van der Waals surface area contributed by atoms with Crippen LogP contribution >= 0.6 is 0 Å². The van der Waals surface area contributed by atoms with E-state index >= 15 is 0 Å². The van der Waals surface area contributed by atoms with Crippen LogP contribution in [-0.4, -0.2) is 69.3 Å². The molecule has 2 saturated heterocycles. The zero-order chi connectivity index (χ0) is 25.5. The number of nitrogens with zero attached hydrogens (tertiary/aromatic N) is 3. The molecular weight excluding hydrogens is 465 g/mol. The average Bonchev–Trinajstić information content (AvgIpc) is 2.96. The maximum Gasteiger partial charge on any atom is 0.142 e. The minimum Gasteiger partial charge on any atom is -0.495 e. The number of halogens is 1. The summed E-state index contributed by atoms with van der Waals surface area (Å²) in [5.41, 5.74) is 2.36. The predicted molar refractivity (Wildman–Crippen MR) is 147 cm³/mol. The number of likely N-dealkylation sites (tertiary alicyclic amines) is 1. The summed E-state index contributed by atoms with van der Waals surface area (Å²) in [4.78, 5) is 7.61. The predicted octanol–water partition coefficient (Wildman–Crippen LogP) is 5.49. The van der Waals surface area contributed by atoms with Crippen LogP contribution in [0.1, 0.15) is 24.5 Å². The highest BCUT2D eigenvalue weighted by Gasteiger charge is 2.30. The Bertz CT molecular complexity index is 1110. The van der Waals surface area contributed by atoms with Gasteiger partial charge in [-0.1, -0.05) is 48.5 Å². The van der Waals surface area contributed by atoms with Crippen LogP contribution in [0.25, 0.3) is 0 Å². The van der Waals surface area contributed by atoms with E-state index in [-0.39, 0.29) is 11.9 Å². The Labute approximate surface area is 220 Å². The Morgan fingerprint density at radius 2 is 1.46 bits per heavy atom. The maximum atomic E-state index is 13.8. The molecule has 0 amide bonds. The molecule has 0 N–H and O–H groups in total. The van der Waals surface area contributed by atoms with Crippen molar-refractivity contribution in [3.05, 3.63) is 90.2 Å². The van der Waals surface area contributed by atoms with Crippen molar-refractivity contribution >= 4 is 5.69 Å². The summed E-state index contributed by atoms with van der Waals surface area (Å²) in [5.74, 6) is 1.70. The van der Waals surface area contributed by atoms with Crippen LogP contribution in [0.5, 0.6) is 11.5 Å². The number of piperidine rings is 1. The normalized spacial score (nSPS) is 18.5. The number of rotatable bonds is 9. The van der Waals surface area contributed by atoms with E-state index in [0.717, 1.165) is 76.5 Å². The summed E-state index contributed by atoms with van der Waals surface area (Å²) in [6.45, 7) is 8.55. The summed E-state index contributed by atoms with van der Waals surface area (Å²) < 4.78 is 25.7. The van der Waals surface area contributed by atoms with Crippen molar-refractivity contribution in [2.75, 3.05) is 64.4 Å². The van der Waals surface area contributed by atoms with Crippen LogP contribution in [0.3, 0.4) is 0 Å². The Hall–Kier alpha value is -3.09. The van der Waals surface area contributed by atoms with Crippen LogP contribution in [0, 0.1) is 11.7 Å². The third kappa shape index (κ3) is 6.62. The van der Waals surface area contributed by atoms with Gasteiger partial charge in [-0.25, -0.2) is 4.39 Å². The smallest absolute Gasteiger partial charge is 0.142 e. The maximum absolute atomic E-state index is 13.8. The third-order valence-corrected chi connectivity index (χ3v) is 7.78. The third-order valence-electron chi connectivity index (χ3n) is 7.78. The fraction of sp³-hybridized carbons (Fsp3) is 0.419. The average molecular weight is 504 g/mol. The largest absolute Gasteiger partial charge is 0.495 e. The fourth-order valence-electron chi connectivity index (χ4n) is 5.63. The summed E-state index contributed by atoms with van der Waals surface area (Å²) in [6, 6.07) is 25.2. The van der Waals surface area contributed by atoms with Gasteiger partial charge in [0.05, 0.1) is 12.8 Å². The van der Waals surface area contributed by atoms with E-state index in [0.29, 0.717) is 11.7 Å². The van der Waals surface area contributed by atoms with E-state index in [2.05, 4.69) is 51.1 Å². The Balaban J connectivity index is 1.11. The van der Waals surface area contributed by atoms with Gasteiger partial charge < -0.3 is 19.3 Å². The first-order valence-electron chi connectivity index (χ1n) is 13.5. The molecule has 1 unspecified atom stereocenters. The zero-order valence-corrected chi connectivity index (χ0v) is 21.8. The number of methoxy groups -OCH3 is 1. The number of benzene rings is 3. The van der Waals surface area contributed by atoms with E-state index < -0.39 is 0 Å². The van der Waals surface area contributed by atoms with Gasteiger partial charge in [-0.05, 0) is 55.8 Å². The van der Waals surface area contributed by atoms with Crippen LogP contribution in [0.2, 0.25) is 0 Å². The molecule has 0 aromatic heterocycles. The second-order valence-electron chi connectivity index (χ2n) is 10.1. The molecule has 0 spiro atoms. The molecule has 5 rings (SSSR count). The second-order valence-corrected chi connectivity index (χ2v) is 10.1. The number of anilines is 1. The number of para-hydroxylation sites is 2. The molecule has 2 aliphatic rings. The van der Waals surface area contributed by atoms with Gasteiger partial charge in [0.2, 0.25) is 0 Å². The minimum atomic E-state index is -0.261. The molecule has 6 heteroatoms. The van der Waals surface area contributed by atoms with Gasteiger partial charge in [-0.3, -0.25) is 4.90 Å². The topological polar surface area (TPSA) is 28.2 Å². The van der Waals surface area contributed by atoms with Crippen molar-refractivity contribution in [2.45, 2.75) is 18.9 Å². The molecule has 37 heavy (non-hydrogen) atoms. The molecule has 1 atom stereocenters. The van der Waals surface area contributed by atoms with Crippen LogP contribution < -0.4 is 14.4 Å². The molecule has 0 radical (unpaired) electrons. The number of hydrogen-bond acceptors (Lipinski definition) is 5. The molecule has 196 valence electrons. The first-order valence-corrected chi connectivity index (χ1v) is 13.5.